The van der Waals surface area contributed by atoms with Crippen molar-refractivity contribution in [3.05, 3.63) is 0 Å². The lowest BCUT2D eigenvalue weighted by molar-refractivity contribution is -0.149. The van der Waals surface area contributed by atoms with Crippen LogP contribution in [0.5, 0.6) is 0 Å². The molecule has 0 aliphatic rings. The number of unbranched alkanes of at least 4 members (excludes halogenated alkanes) is 12. The lowest BCUT2D eigenvalue weighted by Gasteiger charge is -2.14. The van der Waals surface area contributed by atoms with Gasteiger partial charge >= 0.3 is 13.8 Å². The quantitative estimate of drug-likeness (QED) is 0.115. The standard InChI is InChI=1S/C20H41O7P/c1-3-4-5-6-7-8-9-10-11-12-13-14-15-16-20(21)26-18-17-25-19(2)27-28(22,23)24/h19H,3-18H2,1-2H3,(H2,22,23,24). The Labute approximate surface area is 170 Å². The van der Waals surface area contributed by atoms with Gasteiger partial charge in [-0.3, -0.25) is 9.32 Å². The zero-order chi connectivity index (χ0) is 21.1. The molecule has 0 heterocycles. The van der Waals surface area contributed by atoms with Gasteiger partial charge in [0.05, 0.1) is 6.61 Å². The van der Waals surface area contributed by atoms with E-state index in [2.05, 4.69) is 11.4 Å². The van der Waals surface area contributed by atoms with Crippen molar-refractivity contribution in [2.24, 2.45) is 0 Å². The van der Waals surface area contributed by atoms with E-state index in [0.29, 0.717) is 6.42 Å². The van der Waals surface area contributed by atoms with Crippen LogP contribution in [0, 0.1) is 0 Å². The van der Waals surface area contributed by atoms with Crippen LogP contribution in [0.15, 0.2) is 0 Å². The summed E-state index contributed by atoms with van der Waals surface area (Å²) in [5.41, 5.74) is 0. The molecule has 8 heteroatoms. The van der Waals surface area contributed by atoms with Crippen LogP contribution in [-0.2, 0) is 23.4 Å². The van der Waals surface area contributed by atoms with Crippen LogP contribution in [0.1, 0.15) is 104 Å². The molecule has 0 bridgehead atoms. The Morgan fingerprint density at radius 2 is 1.29 bits per heavy atom. The molecular weight excluding hydrogens is 383 g/mol. The van der Waals surface area contributed by atoms with Crippen LogP contribution < -0.4 is 0 Å². The van der Waals surface area contributed by atoms with Gasteiger partial charge in [-0.1, -0.05) is 84.0 Å². The first-order valence-corrected chi connectivity index (χ1v) is 12.4. The first-order chi connectivity index (χ1) is 13.3. The van der Waals surface area contributed by atoms with Gasteiger partial charge in [0, 0.05) is 6.42 Å². The highest BCUT2D eigenvalue weighted by molar-refractivity contribution is 7.46. The van der Waals surface area contributed by atoms with E-state index in [0.717, 1.165) is 19.3 Å². The molecule has 2 N–H and O–H groups in total. The lowest BCUT2D eigenvalue weighted by Crippen LogP contribution is -2.17. The number of carbonyl (C=O) groups is 1. The van der Waals surface area contributed by atoms with Crippen molar-refractivity contribution in [1.82, 2.24) is 0 Å². The number of ether oxygens (including phenoxy) is 2. The summed E-state index contributed by atoms with van der Waals surface area (Å²) < 4.78 is 24.9. The highest BCUT2D eigenvalue weighted by atomic mass is 31.2. The van der Waals surface area contributed by atoms with Gasteiger partial charge in [-0.05, 0) is 13.3 Å². The Hall–Kier alpha value is -0.460. The summed E-state index contributed by atoms with van der Waals surface area (Å²) in [5.74, 6) is -0.268. The van der Waals surface area contributed by atoms with Crippen LogP contribution in [0.3, 0.4) is 0 Å². The highest BCUT2D eigenvalue weighted by Gasteiger charge is 2.19. The number of hydrogen-bond donors (Lipinski definition) is 2. The van der Waals surface area contributed by atoms with Crippen molar-refractivity contribution in [2.45, 2.75) is 110 Å². The monoisotopic (exact) mass is 424 g/mol. The summed E-state index contributed by atoms with van der Waals surface area (Å²) >= 11 is 0. The molecule has 0 aliphatic carbocycles. The topological polar surface area (TPSA) is 102 Å². The SMILES string of the molecule is CCCCCCCCCCCCCCCC(=O)OCCOC(C)OP(=O)(O)O. The fraction of sp³-hybridized carbons (Fsp3) is 0.950. The van der Waals surface area contributed by atoms with Gasteiger partial charge in [0.1, 0.15) is 6.61 Å². The molecule has 0 aromatic heterocycles. The molecule has 0 aromatic carbocycles. The highest BCUT2D eigenvalue weighted by Crippen LogP contribution is 2.37. The van der Waals surface area contributed by atoms with Gasteiger partial charge in [0.25, 0.3) is 0 Å². The summed E-state index contributed by atoms with van der Waals surface area (Å²) in [6, 6.07) is 0. The van der Waals surface area contributed by atoms with Gasteiger partial charge in [0.2, 0.25) is 0 Å². The van der Waals surface area contributed by atoms with Gasteiger partial charge in [-0.2, -0.15) is 0 Å². The molecule has 0 aliphatic heterocycles. The molecule has 0 amide bonds. The number of esters is 1. The Morgan fingerprint density at radius 3 is 1.75 bits per heavy atom. The van der Waals surface area contributed by atoms with Gasteiger partial charge in [0.15, 0.2) is 6.29 Å². The molecule has 28 heavy (non-hydrogen) atoms. The molecular formula is C20H41O7P. The largest absolute Gasteiger partial charge is 0.471 e. The van der Waals surface area contributed by atoms with Gasteiger partial charge in [-0.15, -0.1) is 0 Å². The zero-order valence-electron chi connectivity index (χ0n) is 17.8. The number of rotatable bonds is 20. The Balaban J connectivity index is 3.30. The van der Waals surface area contributed by atoms with E-state index < -0.39 is 14.1 Å². The third-order valence-electron chi connectivity index (χ3n) is 4.47. The van der Waals surface area contributed by atoms with E-state index in [1.807, 2.05) is 0 Å². The lowest BCUT2D eigenvalue weighted by atomic mass is 10.0. The van der Waals surface area contributed by atoms with Crippen LogP contribution in [-0.4, -0.2) is 35.3 Å². The number of carbonyl (C=O) groups excluding carboxylic acids is 1. The van der Waals surface area contributed by atoms with Crippen molar-refractivity contribution in [3.8, 4) is 0 Å². The maximum absolute atomic E-state index is 11.6. The first-order valence-electron chi connectivity index (χ1n) is 10.9. The average molecular weight is 425 g/mol. The minimum absolute atomic E-state index is 0.0332. The minimum atomic E-state index is -4.56. The molecule has 7 nitrogen and oxygen atoms in total. The second-order valence-corrected chi connectivity index (χ2v) is 8.44. The van der Waals surface area contributed by atoms with E-state index in [1.54, 1.807) is 0 Å². The third kappa shape index (κ3) is 21.8. The molecule has 1 unspecified atom stereocenters. The normalized spacial score (nSPS) is 12.9. The second kappa shape index (κ2) is 18.6. The van der Waals surface area contributed by atoms with Crippen LogP contribution in [0.4, 0.5) is 0 Å². The maximum atomic E-state index is 11.6. The average Bonchev–Trinajstić information content (AvgIpc) is 2.61. The van der Waals surface area contributed by atoms with Crippen LogP contribution in [0.25, 0.3) is 0 Å². The van der Waals surface area contributed by atoms with E-state index in [9.17, 15) is 9.36 Å². The Morgan fingerprint density at radius 1 is 0.821 bits per heavy atom. The minimum Gasteiger partial charge on any atom is -0.463 e. The van der Waals surface area contributed by atoms with E-state index in [-0.39, 0.29) is 19.2 Å². The Bertz CT molecular complexity index is 411. The summed E-state index contributed by atoms with van der Waals surface area (Å²) in [7, 11) is -4.56. The fourth-order valence-corrected chi connectivity index (χ4v) is 3.40. The molecule has 0 fully saturated rings. The Kier molecular flexibility index (Phi) is 18.3. The summed E-state index contributed by atoms with van der Waals surface area (Å²) in [5, 5.41) is 0. The van der Waals surface area contributed by atoms with E-state index >= 15 is 0 Å². The molecule has 0 spiro atoms. The van der Waals surface area contributed by atoms with E-state index in [1.165, 1.54) is 71.1 Å². The van der Waals surface area contributed by atoms with Gasteiger partial charge < -0.3 is 19.3 Å². The molecule has 0 saturated heterocycles. The summed E-state index contributed by atoms with van der Waals surface area (Å²) in [4.78, 5) is 28.8. The second-order valence-electron chi connectivity index (χ2n) is 7.25. The maximum Gasteiger partial charge on any atom is 0.471 e. The molecule has 0 rings (SSSR count). The summed E-state index contributed by atoms with van der Waals surface area (Å²) in [6.07, 6.45) is 15.7. The molecule has 168 valence electrons. The van der Waals surface area contributed by atoms with Gasteiger partial charge in [-0.25, -0.2) is 4.57 Å². The van der Waals surface area contributed by atoms with Crippen LogP contribution >= 0.6 is 7.82 Å². The van der Waals surface area contributed by atoms with Crippen molar-refractivity contribution < 1.29 is 33.1 Å². The number of hydrogen-bond acceptors (Lipinski definition) is 5. The zero-order valence-corrected chi connectivity index (χ0v) is 18.7. The van der Waals surface area contributed by atoms with Crippen molar-refractivity contribution in [2.75, 3.05) is 13.2 Å². The molecule has 0 radical (unpaired) electrons. The molecule has 0 aromatic rings. The molecule has 1 atom stereocenters. The first kappa shape index (κ1) is 27.5. The third-order valence-corrected chi connectivity index (χ3v) is 5.04. The number of phosphoric acid groups is 1. The molecule has 0 saturated carbocycles. The van der Waals surface area contributed by atoms with Crippen molar-refractivity contribution in [3.63, 3.8) is 0 Å². The summed E-state index contributed by atoms with van der Waals surface area (Å²) in [6.45, 7) is 3.70. The smallest absolute Gasteiger partial charge is 0.463 e. The van der Waals surface area contributed by atoms with E-state index in [4.69, 9.17) is 19.3 Å². The van der Waals surface area contributed by atoms with Crippen LogP contribution in [0.2, 0.25) is 0 Å². The predicted molar refractivity (Wildman–Crippen MR) is 110 cm³/mol. The van der Waals surface area contributed by atoms with Crippen molar-refractivity contribution in [1.29, 1.82) is 0 Å². The predicted octanol–water partition coefficient (Wildman–Crippen LogP) is 5.48. The van der Waals surface area contributed by atoms with Crippen molar-refractivity contribution >= 4 is 13.8 Å². The fourth-order valence-electron chi connectivity index (χ4n) is 2.95. The number of phosphoric ester groups is 1.